The van der Waals surface area contributed by atoms with Crippen LogP contribution in [0.25, 0.3) is 0 Å². The monoisotopic (exact) mass is 398 g/mol. The van der Waals surface area contributed by atoms with Crippen molar-refractivity contribution in [2.24, 2.45) is 0 Å². The minimum atomic E-state index is -0.312. The Kier molecular flexibility index (Phi) is 5.75. The first-order valence-corrected chi connectivity index (χ1v) is 5.99. The van der Waals surface area contributed by atoms with Crippen LogP contribution in [-0.4, -0.2) is 9.97 Å². The molecule has 0 saturated carbocycles. The zero-order chi connectivity index (χ0) is 12.0. The van der Waals surface area contributed by atoms with Crippen molar-refractivity contribution in [2.45, 2.75) is 0 Å². The first-order chi connectivity index (χ1) is 7.58. The van der Waals surface area contributed by atoms with Gasteiger partial charge in [-0.2, -0.15) is 0 Å². The van der Waals surface area contributed by atoms with Gasteiger partial charge in [-0.1, -0.05) is 0 Å². The van der Waals surface area contributed by atoms with Gasteiger partial charge in [0.1, 0.15) is 19.9 Å². The molecular formula is C10H6BrF2IN2. The van der Waals surface area contributed by atoms with Crippen LogP contribution in [0.2, 0.25) is 0 Å². The van der Waals surface area contributed by atoms with Crippen molar-refractivity contribution >= 4 is 38.5 Å². The molecule has 0 atom stereocenters. The lowest BCUT2D eigenvalue weighted by atomic mass is 10.5. The van der Waals surface area contributed by atoms with Gasteiger partial charge in [-0.25, -0.2) is 18.7 Å². The number of hydrogen-bond acceptors (Lipinski definition) is 2. The van der Waals surface area contributed by atoms with Crippen LogP contribution in [-0.2, 0) is 0 Å². The van der Waals surface area contributed by atoms with E-state index in [9.17, 15) is 8.78 Å². The van der Waals surface area contributed by atoms with Gasteiger partial charge < -0.3 is 0 Å². The third-order valence-corrected chi connectivity index (χ3v) is 2.49. The van der Waals surface area contributed by atoms with Crippen molar-refractivity contribution in [2.75, 3.05) is 0 Å². The van der Waals surface area contributed by atoms with E-state index in [2.05, 4.69) is 25.9 Å². The Hall–Kier alpha value is -0.630. The van der Waals surface area contributed by atoms with Crippen molar-refractivity contribution < 1.29 is 8.78 Å². The number of nitrogens with zero attached hydrogens (tertiary/aromatic N) is 2. The Morgan fingerprint density at radius 1 is 0.938 bits per heavy atom. The van der Waals surface area contributed by atoms with Crippen molar-refractivity contribution in [3.8, 4) is 0 Å². The Labute approximate surface area is 113 Å². The van der Waals surface area contributed by atoms with Gasteiger partial charge in [0.25, 0.3) is 0 Å². The molecule has 16 heavy (non-hydrogen) atoms. The van der Waals surface area contributed by atoms with E-state index in [0.29, 0.717) is 4.60 Å². The van der Waals surface area contributed by atoms with E-state index in [1.165, 1.54) is 18.3 Å². The average molecular weight is 399 g/mol. The molecule has 0 fully saturated rings. The van der Waals surface area contributed by atoms with Gasteiger partial charge in [0.2, 0.25) is 0 Å². The molecule has 0 radical (unpaired) electrons. The van der Waals surface area contributed by atoms with Crippen molar-refractivity contribution in [1.82, 2.24) is 9.97 Å². The minimum Gasteiger partial charge on any atom is -0.247 e. The molecular weight excluding hydrogens is 393 g/mol. The standard InChI is InChI=1S/C5H3BrFN.C5H3FIN/c6-5-2-1-4(7)3-8-5;6-4-1-2-5(7)8-3-4/h2*1-3H. The van der Waals surface area contributed by atoms with Crippen LogP contribution in [0.4, 0.5) is 8.78 Å². The Balaban J connectivity index is 0.000000160. The molecule has 2 aromatic heterocycles. The second-order valence-corrected chi connectivity index (χ2v) is 4.52. The highest BCUT2D eigenvalue weighted by atomic mass is 127. The fourth-order valence-electron chi connectivity index (χ4n) is 0.716. The van der Waals surface area contributed by atoms with Gasteiger partial charge >= 0.3 is 0 Å². The topological polar surface area (TPSA) is 25.8 Å². The van der Waals surface area contributed by atoms with Gasteiger partial charge in [-0.05, 0) is 62.8 Å². The Morgan fingerprint density at radius 3 is 1.81 bits per heavy atom. The zero-order valence-corrected chi connectivity index (χ0v) is 11.6. The maximum Gasteiger partial charge on any atom is 0.141 e. The van der Waals surface area contributed by atoms with E-state index < -0.39 is 0 Å². The zero-order valence-electron chi connectivity index (χ0n) is 7.87. The highest BCUT2D eigenvalue weighted by Gasteiger charge is 1.87. The minimum absolute atomic E-state index is 0.287. The van der Waals surface area contributed by atoms with Crippen LogP contribution in [0.1, 0.15) is 0 Å². The van der Waals surface area contributed by atoms with Crippen LogP contribution in [0.5, 0.6) is 0 Å². The predicted molar refractivity (Wildman–Crippen MR) is 68.8 cm³/mol. The second-order valence-electron chi connectivity index (χ2n) is 2.60. The Bertz CT molecular complexity index is 348. The summed E-state index contributed by atoms with van der Waals surface area (Å²) in [4.78, 5) is 7.31. The van der Waals surface area contributed by atoms with Gasteiger partial charge in [0, 0.05) is 0 Å². The van der Waals surface area contributed by atoms with Gasteiger partial charge in [0.15, 0.2) is 0 Å². The molecule has 0 unspecified atom stereocenters. The third kappa shape index (κ3) is 5.45. The summed E-state index contributed by atoms with van der Waals surface area (Å²) in [5, 5.41) is 0. The highest BCUT2D eigenvalue weighted by molar-refractivity contribution is 14.1. The average Bonchev–Trinajstić information content (AvgIpc) is 2.28. The second kappa shape index (κ2) is 6.85. The van der Waals surface area contributed by atoms with Crippen molar-refractivity contribution in [1.29, 1.82) is 0 Å². The lowest BCUT2D eigenvalue weighted by Gasteiger charge is -1.84. The molecule has 0 aliphatic rings. The highest BCUT2D eigenvalue weighted by Crippen LogP contribution is 2.03. The van der Waals surface area contributed by atoms with E-state index in [0.717, 1.165) is 9.90 Å². The number of aromatic nitrogens is 2. The summed E-state index contributed by atoms with van der Waals surface area (Å²) in [5.74, 6) is -0.599. The molecule has 0 aliphatic heterocycles. The SMILES string of the molecule is Fc1ccc(Br)nc1.Fc1ccc(I)nc1. The van der Waals surface area contributed by atoms with Crippen LogP contribution in [0, 0.1) is 15.3 Å². The smallest absolute Gasteiger partial charge is 0.141 e. The summed E-state index contributed by atoms with van der Waals surface area (Å²) in [6.45, 7) is 0. The van der Waals surface area contributed by atoms with Crippen LogP contribution in [0.3, 0.4) is 0 Å². The molecule has 0 N–H and O–H groups in total. The lowest BCUT2D eigenvalue weighted by molar-refractivity contribution is 0.620. The largest absolute Gasteiger partial charge is 0.247 e. The molecule has 84 valence electrons. The normalized spacial score (nSPS) is 9.25. The molecule has 2 aromatic rings. The summed E-state index contributed by atoms with van der Waals surface area (Å²) in [6.07, 6.45) is 2.35. The van der Waals surface area contributed by atoms with Crippen molar-refractivity contribution in [3.05, 3.63) is 56.6 Å². The maximum atomic E-state index is 12.0. The summed E-state index contributed by atoms with van der Waals surface area (Å²) in [5.41, 5.74) is 0. The molecule has 0 amide bonds. The number of halogens is 4. The number of pyridine rings is 2. The number of hydrogen-bond donors (Lipinski definition) is 0. The van der Waals surface area contributed by atoms with E-state index in [1.54, 1.807) is 12.1 Å². The summed E-state index contributed by atoms with van der Waals surface area (Å²) in [7, 11) is 0. The molecule has 0 aromatic carbocycles. The van der Waals surface area contributed by atoms with Gasteiger partial charge in [0.05, 0.1) is 12.4 Å². The van der Waals surface area contributed by atoms with Crippen LogP contribution in [0.15, 0.2) is 41.3 Å². The maximum absolute atomic E-state index is 12.0. The fourth-order valence-corrected chi connectivity index (χ4v) is 1.27. The molecule has 0 saturated heterocycles. The first-order valence-electron chi connectivity index (χ1n) is 4.12. The third-order valence-electron chi connectivity index (χ3n) is 1.38. The number of rotatable bonds is 0. The summed E-state index contributed by atoms with van der Waals surface area (Å²) < 4.78 is 25.5. The van der Waals surface area contributed by atoms with Gasteiger partial charge in [-0.3, -0.25) is 0 Å². The fraction of sp³-hybridized carbons (Fsp3) is 0. The molecule has 2 nitrogen and oxygen atoms in total. The van der Waals surface area contributed by atoms with Crippen LogP contribution >= 0.6 is 38.5 Å². The van der Waals surface area contributed by atoms with E-state index in [4.69, 9.17) is 0 Å². The first kappa shape index (κ1) is 13.4. The predicted octanol–water partition coefficient (Wildman–Crippen LogP) is 3.81. The summed E-state index contributed by atoms with van der Waals surface area (Å²) >= 11 is 5.09. The van der Waals surface area contributed by atoms with Gasteiger partial charge in [-0.15, -0.1) is 0 Å². The lowest BCUT2D eigenvalue weighted by Crippen LogP contribution is -1.78. The van der Waals surface area contributed by atoms with E-state index >= 15 is 0 Å². The molecule has 6 heteroatoms. The summed E-state index contributed by atoms with van der Waals surface area (Å²) in [6, 6.07) is 5.90. The van der Waals surface area contributed by atoms with Crippen LogP contribution < -0.4 is 0 Å². The molecule has 0 spiro atoms. The Morgan fingerprint density at radius 2 is 1.50 bits per heavy atom. The van der Waals surface area contributed by atoms with Crippen molar-refractivity contribution in [3.63, 3.8) is 0 Å². The van der Waals surface area contributed by atoms with E-state index in [-0.39, 0.29) is 11.6 Å². The molecule has 0 aliphatic carbocycles. The molecule has 2 rings (SSSR count). The molecule has 2 heterocycles. The van der Waals surface area contributed by atoms with E-state index in [1.807, 2.05) is 22.6 Å². The quantitative estimate of drug-likeness (QED) is 0.498. The molecule has 0 bridgehead atoms.